The van der Waals surface area contributed by atoms with E-state index < -0.39 is 33.6 Å². The first kappa shape index (κ1) is 34.0. The number of ketones is 3. The molecule has 1 aromatic rings. The second-order valence-electron chi connectivity index (χ2n) is 13.9. The summed E-state index contributed by atoms with van der Waals surface area (Å²) < 4.78 is 0. The predicted octanol–water partition coefficient (Wildman–Crippen LogP) is 9.20. The van der Waals surface area contributed by atoms with Gasteiger partial charge < -0.3 is 10.2 Å². The molecule has 0 aliphatic heterocycles. The molecule has 5 nitrogen and oxygen atoms in total. The Balaban J connectivity index is 2.50. The van der Waals surface area contributed by atoms with Crippen LogP contribution in [0.5, 0.6) is 5.75 Å². The highest BCUT2D eigenvalue weighted by molar-refractivity contribution is 6.41. The Hall–Kier alpha value is -3.47. The largest absolute Gasteiger partial charge is 0.508 e. The molecule has 1 aromatic carbocycles. The van der Waals surface area contributed by atoms with Gasteiger partial charge in [-0.25, -0.2) is 0 Å². The van der Waals surface area contributed by atoms with E-state index in [1.807, 2.05) is 67.5 Å². The van der Waals surface area contributed by atoms with Gasteiger partial charge in [0, 0.05) is 5.56 Å². The number of phenolic OH excluding ortho intramolecular Hbond substituents is 1. The molecule has 0 spiro atoms. The number of hydrogen-bond acceptors (Lipinski definition) is 5. The predicted molar refractivity (Wildman–Crippen MR) is 175 cm³/mol. The Morgan fingerprint density at radius 1 is 0.837 bits per heavy atom. The number of carbonyl (C=O) groups excluding carboxylic acids is 3. The highest BCUT2D eigenvalue weighted by Crippen LogP contribution is 2.67. The number of Topliss-reactive ketones (excluding diaryl/α,β-unsaturated/α-hetero) is 3. The van der Waals surface area contributed by atoms with E-state index in [4.69, 9.17) is 0 Å². The topological polar surface area (TPSA) is 91.7 Å². The SMILES string of the molecule is CC(C)=CCC[C@]1(C)[C@@H](CC=C(C)C)C[C@]2(CC=C(C)C)C(=O)/C(=C(/O)c3cccc(O)c3)C(=O)[C@@]1(CC=C(C)C)C2=O. The van der Waals surface area contributed by atoms with Crippen LogP contribution in [0.1, 0.15) is 106 Å². The summed E-state index contributed by atoms with van der Waals surface area (Å²) in [5.41, 5.74) is 0.267. The van der Waals surface area contributed by atoms with E-state index in [1.54, 1.807) is 12.1 Å². The summed E-state index contributed by atoms with van der Waals surface area (Å²) in [4.78, 5) is 44.9. The van der Waals surface area contributed by atoms with E-state index in [1.165, 1.54) is 12.1 Å². The lowest BCUT2D eigenvalue weighted by Crippen LogP contribution is -2.70. The van der Waals surface area contributed by atoms with Crippen LogP contribution in [-0.2, 0) is 14.4 Å². The maximum Gasteiger partial charge on any atom is 0.184 e. The third kappa shape index (κ3) is 6.27. The molecular weight excluding hydrogens is 536 g/mol. The van der Waals surface area contributed by atoms with Crippen LogP contribution < -0.4 is 0 Å². The van der Waals surface area contributed by atoms with Crippen molar-refractivity contribution in [2.75, 3.05) is 0 Å². The molecule has 2 aliphatic rings. The second kappa shape index (κ2) is 13.0. The van der Waals surface area contributed by atoms with Gasteiger partial charge in [0.2, 0.25) is 0 Å². The van der Waals surface area contributed by atoms with Crippen molar-refractivity contribution < 1.29 is 24.6 Å². The summed E-state index contributed by atoms with van der Waals surface area (Å²) in [6.45, 7) is 18.0. The molecule has 0 saturated heterocycles. The Kier molecular flexibility index (Phi) is 10.3. The first-order valence-corrected chi connectivity index (χ1v) is 15.4. The van der Waals surface area contributed by atoms with Crippen LogP contribution in [-0.4, -0.2) is 27.6 Å². The first-order valence-electron chi connectivity index (χ1n) is 15.4. The van der Waals surface area contributed by atoms with Crippen LogP contribution in [0.15, 0.2) is 76.4 Å². The molecule has 0 radical (unpaired) electrons. The molecule has 0 aromatic heterocycles. The van der Waals surface area contributed by atoms with Gasteiger partial charge in [-0.05, 0) is 117 Å². The number of benzene rings is 1. The zero-order valence-corrected chi connectivity index (χ0v) is 27.6. The van der Waals surface area contributed by atoms with Crippen LogP contribution in [0.25, 0.3) is 5.76 Å². The lowest BCUT2D eigenvalue weighted by Gasteiger charge is -2.61. The van der Waals surface area contributed by atoms with Gasteiger partial charge >= 0.3 is 0 Å². The molecule has 0 heterocycles. The number of hydrogen-bond donors (Lipinski definition) is 2. The molecule has 0 unspecified atom stereocenters. The summed E-state index contributed by atoms with van der Waals surface area (Å²) in [6.07, 6.45) is 10.7. The van der Waals surface area contributed by atoms with Crippen LogP contribution in [0, 0.1) is 22.2 Å². The Morgan fingerprint density at radius 2 is 1.42 bits per heavy atom. The number of aliphatic hydroxyl groups excluding tert-OH is 1. The van der Waals surface area contributed by atoms with Crippen LogP contribution in [0.4, 0.5) is 0 Å². The van der Waals surface area contributed by atoms with Crippen molar-refractivity contribution in [3.63, 3.8) is 0 Å². The fourth-order valence-electron chi connectivity index (χ4n) is 7.10. The number of fused-ring (bicyclic) bond motifs is 2. The molecule has 5 heteroatoms. The Morgan fingerprint density at radius 3 is 1.98 bits per heavy atom. The van der Waals surface area contributed by atoms with Crippen molar-refractivity contribution in [2.24, 2.45) is 22.2 Å². The minimum absolute atomic E-state index is 0.0940. The van der Waals surface area contributed by atoms with E-state index in [0.717, 1.165) is 22.3 Å². The Bertz CT molecular complexity index is 1430. The number of carbonyl (C=O) groups is 3. The third-order valence-corrected chi connectivity index (χ3v) is 9.63. The van der Waals surface area contributed by atoms with Crippen molar-refractivity contribution in [1.29, 1.82) is 0 Å². The number of aromatic hydroxyl groups is 1. The minimum atomic E-state index is -1.55. The highest BCUT2D eigenvalue weighted by Gasteiger charge is 2.74. The zero-order valence-electron chi connectivity index (χ0n) is 27.6. The maximum atomic E-state index is 15.2. The molecule has 4 atom stereocenters. The number of aliphatic hydroxyl groups is 1. The van der Waals surface area contributed by atoms with Crippen LogP contribution in [0.2, 0.25) is 0 Å². The van der Waals surface area contributed by atoms with Gasteiger partial charge in [-0.15, -0.1) is 0 Å². The van der Waals surface area contributed by atoms with Gasteiger partial charge in [0.05, 0.1) is 5.41 Å². The normalized spacial score (nSPS) is 27.7. The Labute approximate surface area is 258 Å². The smallest absolute Gasteiger partial charge is 0.184 e. The van der Waals surface area contributed by atoms with Crippen molar-refractivity contribution in [3.8, 4) is 5.75 Å². The van der Waals surface area contributed by atoms with E-state index in [-0.39, 0.29) is 41.4 Å². The molecule has 2 N–H and O–H groups in total. The fourth-order valence-corrected chi connectivity index (χ4v) is 7.10. The minimum Gasteiger partial charge on any atom is -0.508 e. The monoisotopic (exact) mass is 586 g/mol. The van der Waals surface area contributed by atoms with Crippen LogP contribution >= 0.6 is 0 Å². The molecule has 2 fully saturated rings. The summed E-state index contributed by atoms with van der Waals surface area (Å²) in [6, 6.07) is 5.92. The second-order valence-corrected chi connectivity index (χ2v) is 13.9. The maximum absolute atomic E-state index is 15.2. The molecular formula is C38H50O5. The summed E-state index contributed by atoms with van der Waals surface area (Å²) in [5.74, 6) is -2.22. The summed E-state index contributed by atoms with van der Waals surface area (Å²) in [5, 5.41) is 21.8. The first-order chi connectivity index (χ1) is 20.0. The van der Waals surface area contributed by atoms with Gasteiger partial charge in [-0.2, -0.15) is 0 Å². The van der Waals surface area contributed by atoms with Gasteiger partial charge in [-0.1, -0.05) is 65.7 Å². The van der Waals surface area contributed by atoms with Crippen molar-refractivity contribution in [2.45, 2.75) is 101 Å². The molecule has 2 saturated carbocycles. The van der Waals surface area contributed by atoms with Gasteiger partial charge in [0.25, 0.3) is 0 Å². The van der Waals surface area contributed by atoms with Crippen molar-refractivity contribution in [1.82, 2.24) is 0 Å². The number of phenols is 1. The highest BCUT2D eigenvalue weighted by atomic mass is 16.3. The van der Waals surface area contributed by atoms with E-state index in [2.05, 4.69) is 19.1 Å². The van der Waals surface area contributed by atoms with E-state index >= 15 is 9.59 Å². The van der Waals surface area contributed by atoms with Gasteiger partial charge in [-0.3, -0.25) is 14.4 Å². The molecule has 3 rings (SSSR count). The van der Waals surface area contributed by atoms with E-state index in [0.29, 0.717) is 25.7 Å². The molecule has 43 heavy (non-hydrogen) atoms. The van der Waals surface area contributed by atoms with Gasteiger partial charge in [0.1, 0.15) is 22.5 Å². The van der Waals surface area contributed by atoms with Crippen molar-refractivity contribution >= 4 is 23.1 Å². The van der Waals surface area contributed by atoms with Crippen molar-refractivity contribution in [3.05, 3.63) is 82.0 Å². The lowest BCUT2D eigenvalue weighted by molar-refractivity contribution is -0.178. The van der Waals surface area contributed by atoms with Gasteiger partial charge in [0.15, 0.2) is 17.3 Å². The third-order valence-electron chi connectivity index (χ3n) is 9.63. The summed E-state index contributed by atoms with van der Waals surface area (Å²) >= 11 is 0. The molecule has 0 amide bonds. The number of rotatable bonds is 10. The standard InChI is InChI=1S/C38H50O5/c1-24(2)12-11-19-36(9)29(16-15-25(3)4)23-37(20-17-26(5)6)33(41)31(32(40)28-13-10-14-30(39)22-28)34(42)38(36,35(37)43)21-18-27(7)8/h10,12-15,17-18,22,29,39-40H,11,16,19-21,23H2,1-9H3/b32-31-/t29-,36+,37+,38-/m0/s1. The molecule has 2 bridgehead atoms. The van der Waals surface area contributed by atoms with E-state index in [9.17, 15) is 15.0 Å². The number of allylic oxidation sites excluding steroid dienone is 9. The fraction of sp³-hybridized carbons (Fsp3) is 0.500. The molecule has 2 aliphatic carbocycles. The van der Waals surface area contributed by atoms with Crippen LogP contribution in [0.3, 0.4) is 0 Å². The summed E-state index contributed by atoms with van der Waals surface area (Å²) in [7, 11) is 0. The molecule has 232 valence electrons. The lowest BCUT2D eigenvalue weighted by atomic mass is 9.37. The zero-order chi connectivity index (χ0) is 32.3. The quantitative estimate of drug-likeness (QED) is 0.0937. The average molecular weight is 587 g/mol. The average Bonchev–Trinajstić information content (AvgIpc) is 2.91.